The number of rotatable bonds is 8. The van der Waals surface area contributed by atoms with Crippen molar-refractivity contribution in [2.24, 2.45) is 4.99 Å². The summed E-state index contributed by atoms with van der Waals surface area (Å²) in [6.07, 6.45) is 0. The van der Waals surface area contributed by atoms with Crippen molar-refractivity contribution < 1.29 is 9.84 Å². The van der Waals surface area contributed by atoms with Crippen LogP contribution in [0.2, 0.25) is 0 Å². The van der Waals surface area contributed by atoms with Gasteiger partial charge in [-0.15, -0.1) is 24.0 Å². The Kier molecular flexibility index (Phi) is 10.4. The van der Waals surface area contributed by atoms with Crippen LogP contribution in [0, 0.1) is 0 Å². The van der Waals surface area contributed by atoms with Crippen LogP contribution in [-0.4, -0.2) is 31.3 Å². The highest BCUT2D eigenvalue weighted by molar-refractivity contribution is 14.0. The van der Waals surface area contributed by atoms with Crippen molar-refractivity contribution in [1.29, 1.82) is 0 Å². The zero-order valence-electron chi connectivity index (χ0n) is 16.2. The van der Waals surface area contributed by atoms with E-state index in [1.54, 1.807) is 14.0 Å². The van der Waals surface area contributed by atoms with Crippen molar-refractivity contribution in [1.82, 2.24) is 10.6 Å². The predicted molar refractivity (Wildman–Crippen MR) is 121 cm³/mol. The number of nitrogens with zero attached hydrogens (tertiary/aromatic N) is 1. The fourth-order valence-corrected chi connectivity index (χ4v) is 2.57. The Morgan fingerprint density at radius 2 is 1.67 bits per heavy atom. The van der Waals surface area contributed by atoms with E-state index in [-0.39, 0.29) is 24.0 Å². The molecule has 0 aliphatic rings. The number of hydrogen-bond acceptors (Lipinski definition) is 3. The smallest absolute Gasteiger partial charge is 0.191 e. The summed E-state index contributed by atoms with van der Waals surface area (Å²) < 4.78 is 5.13. The number of guanidine groups is 1. The summed E-state index contributed by atoms with van der Waals surface area (Å²) in [7, 11) is 1.69. The minimum Gasteiger partial charge on any atom is -0.384 e. The Bertz CT molecular complexity index is 688. The number of hydrogen-bond donors (Lipinski definition) is 3. The molecular formula is C21H30IN3O2. The fourth-order valence-electron chi connectivity index (χ4n) is 2.57. The number of aliphatic imine (C=N–C) groups is 1. The summed E-state index contributed by atoms with van der Waals surface area (Å²) in [5.41, 5.74) is 2.16. The lowest BCUT2D eigenvalue weighted by atomic mass is 9.96. The van der Waals surface area contributed by atoms with Gasteiger partial charge in [0.05, 0.1) is 19.7 Å². The average Bonchev–Trinajstić information content (AvgIpc) is 2.66. The molecule has 0 saturated carbocycles. The van der Waals surface area contributed by atoms with Crippen molar-refractivity contribution in [3.05, 3.63) is 71.3 Å². The maximum atomic E-state index is 10.7. The van der Waals surface area contributed by atoms with Crippen LogP contribution in [-0.2, 0) is 23.5 Å². The highest BCUT2D eigenvalue weighted by atomic mass is 127. The lowest BCUT2D eigenvalue weighted by Gasteiger charge is -2.25. The van der Waals surface area contributed by atoms with Crippen LogP contribution >= 0.6 is 24.0 Å². The summed E-state index contributed by atoms with van der Waals surface area (Å²) in [6, 6.07) is 17.9. The van der Waals surface area contributed by atoms with Gasteiger partial charge in [-0.25, -0.2) is 4.99 Å². The average molecular weight is 483 g/mol. The van der Waals surface area contributed by atoms with Gasteiger partial charge in [0.15, 0.2) is 5.96 Å². The molecule has 1 unspecified atom stereocenters. The molecule has 2 aromatic rings. The summed E-state index contributed by atoms with van der Waals surface area (Å²) in [5, 5.41) is 17.2. The van der Waals surface area contributed by atoms with Crippen molar-refractivity contribution >= 4 is 29.9 Å². The van der Waals surface area contributed by atoms with E-state index < -0.39 is 5.60 Å². The lowest BCUT2D eigenvalue weighted by Crippen LogP contribution is -2.44. The highest BCUT2D eigenvalue weighted by Gasteiger charge is 2.22. The van der Waals surface area contributed by atoms with E-state index in [1.165, 1.54) is 0 Å². The van der Waals surface area contributed by atoms with Crippen LogP contribution in [0.1, 0.15) is 30.5 Å². The van der Waals surface area contributed by atoms with Crippen LogP contribution in [0.15, 0.2) is 59.6 Å². The molecule has 6 heteroatoms. The largest absolute Gasteiger partial charge is 0.384 e. The molecule has 3 N–H and O–H groups in total. The SMILES string of the molecule is CCNC(=NCc1ccc(COC)cc1)NCC(C)(O)c1ccccc1.I. The molecule has 0 heterocycles. The van der Waals surface area contributed by atoms with Crippen LogP contribution in [0.4, 0.5) is 0 Å². The first-order valence-corrected chi connectivity index (χ1v) is 8.92. The summed E-state index contributed by atoms with van der Waals surface area (Å²) >= 11 is 0. The van der Waals surface area contributed by atoms with E-state index in [4.69, 9.17) is 4.74 Å². The first-order chi connectivity index (χ1) is 12.5. The van der Waals surface area contributed by atoms with E-state index in [2.05, 4.69) is 39.9 Å². The first-order valence-electron chi connectivity index (χ1n) is 8.92. The van der Waals surface area contributed by atoms with E-state index in [0.29, 0.717) is 25.7 Å². The Labute approximate surface area is 179 Å². The number of nitrogens with one attached hydrogen (secondary N) is 2. The molecule has 1 atom stereocenters. The topological polar surface area (TPSA) is 65.9 Å². The van der Waals surface area contributed by atoms with Crippen LogP contribution < -0.4 is 10.6 Å². The minimum absolute atomic E-state index is 0. The summed E-state index contributed by atoms with van der Waals surface area (Å²) in [5.74, 6) is 0.685. The number of benzene rings is 2. The summed E-state index contributed by atoms with van der Waals surface area (Å²) in [4.78, 5) is 4.61. The monoisotopic (exact) mass is 483 g/mol. The van der Waals surface area contributed by atoms with Gasteiger partial charge in [-0.2, -0.15) is 0 Å². The normalized spacial score (nSPS) is 13.4. The molecular weight excluding hydrogens is 453 g/mol. The van der Waals surface area contributed by atoms with Gasteiger partial charge < -0.3 is 20.5 Å². The van der Waals surface area contributed by atoms with Gasteiger partial charge in [0, 0.05) is 13.7 Å². The van der Waals surface area contributed by atoms with Crippen molar-refractivity contribution in [3.8, 4) is 0 Å². The Balaban J connectivity index is 0.00000364. The molecule has 148 valence electrons. The third-order valence-electron chi connectivity index (χ3n) is 4.09. The number of aliphatic hydroxyl groups is 1. The number of halogens is 1. The standard InChI is InChI=1S/C21H29N3O2.HI/c1-4-22-20(23-14-17-10-12-18(13-11-17)15-26-3)24-16-21(2,25)19-8-6-5-7-9-19;/h5-13,25H,4,14-16H2,1-3H3,(H2,22,23,24);1H. The lowest BCUT2D eigenvalue weighted by molar-refractivity contribution is 0.0617. The second-order valence-corrected chi connectivity index (χ2v) is 6.44. The molecule has 0 bridgehead atoms. The highest BCUT2D eigenvalue weighted by Crippen LogP contribution is 2.18. The van der Waals surface area contributed by atoms with E-state index in [0.717, 1.165) is 23.2 Å². The Hall–Kier alpha value is -1.64. The quantitative estimate of drug-likeness (QED) is 0.306. The van der Waals surface area contributed by atoms with Crippen LogP contribution in [0.3, 0.4) is 0 Å². The van der Waals surface area contributed by atoms with Crippen molar-refractivity contribution in [2.45, 2.75) is 32.6 Å². The first kappa shape index (κ1) is 23.4. The van der Waals surface area contributed by atoms with Gasteiger partial charge in [-0.05, 0) is 30.5 Å². The van der Waals surface area contributed by atoms with Crippen molar-refractivity contribution in [3.63, 3.8) is 0 Å². The molecule has 0 aliphatic heterocycles. The van der Waals surface area contributed by atoms with Gasteiger partial charge in [-0.3, -0.25) is 0 Å². The Morgan fingerprint density at radius 1 is 1.04 bits per heavy atom. The van der Waals surface area contributed by atoms with Gasteiger partial charge in [0.25, 0.3) is 0 Å². The molecule has 0 saturated heterocycles. The van der Waals surface area contributed by atoms with Crippen LogP contribution in [0.25, 0.3) is 0 Å². The predicted octanol–water partition coefficient (Wildman–Crippen LogP) is 3.41. The third kappa shape index (κ3) is 7.86. The zero-order chi connectivity index (χ0) is 18.8. The second-order valence-electron chi connectivity index (χ2n) is 6.44. The van der Waals surface area contributed by atoms with Crippen molar-refractivity contribution in [2.75, 3.05) is 20.2 Å². The second kappa shape index (κ2) is 11.9. The molecule has 27 heavy (non-hydrogen) atoms. The van der Waals surface area contributed by atoms with E-state index in [1.807, 2.05) is 37.3 Å². The summed E-state index contributed by atoms with van der Waals surface area (Å²) in [6.45, 7) is 6.12. The Morgan fingerprint density at radius 3 is 2.26 bits per heavy atom. The maximum absolute atomic E-state index is 10.7. The van der Waals surface area contributed by atoms with Gasteiger partial charge in [0.2, 0.25) is 0 Å². The molecule has 5 nitrogen and oxygen atoms in total. The molecule has 2 rings (SSSR count). The number of ether oxygens (including phenoxy) is 1. The third-order valence-corrected chi connectivity index (χ3v) is 4.09. The van der Waals surface area contributed by atoms with E-state index in [9.17, 15) is 5.11 Å². The molecule has 0 fully saturated rings. The van der Waals surface area contributed by atoms with Crippen LogP contribution in [0.5, 0.6) is 0 Å². The maximum Gasteiger partial charge on any atom is 0.191 e. The van der Waals surface area contributed by atoms with Gasteiger partial charge in [0.1, 0.15) is 5.60 Å². The van der Waals surface area contributed by atoms with Gasteiger partial charge in [-0.1, -0.05) is 54.6 Å². The molecule has 0 spiro atoms. The van der Waals surface area contributed by atoms with E-state index >= 15 is 0 Å². The molecule has 0 radical (unpaired) electrons. The van der Waals surface area contributed by atoms with Gasteiger partial charge >= 0.3 is 0 Å². The molecule has 0 aliphatic carbocycles. The number of methoxy groups -OCH3 is 1. The minimum atomic E-state index is -0.973. The fraction of sp³-hybridized carbons (Fsp3) is 0.381. The zero-order valence-corrected chi connectivity index (χ0v) is 18.6. The molecule has 0 aromatic heterocycles. The molecule has 0 amide bonds. The molecule has 2 aromatic carbocycles.